The number of aliphatic imine (C=N–C) groups is 1. The third-order valence-electron chi connectivity index (χ3n) is 4.24. The van der Waals surface area contributed by atoms with Gasteiger partial charge in [-0.3, -0.25) is 4.99 Å². The lowest BCUT2D eigenvalue weighted by atomic mass is 10.1. The maximum atomic E-state index is 13.4. The first-order valence-electron chi connectivity index (χ1n) is 8.30. The zero-order valence-corrected chi connectivity index (χ0v) is 16.8. The van der Waals surface area contributed by atoms with Crippen LogP contribution in [0.3, 0.4) is 0 Å². The van der Waals surface area contributed by atoms with Crippen molar-refractivity contribution in [3.05, 3.63) is 35.4 Å². The zero-order chi connectivity index (χ0) is 19.3. The molecule has 0 aromatic heterocycles. The van der Waals surface area contributed by atoms with E-state index in [1.165, 1.54) is 0 Å². The van der Waals surface area contributed by atoms with Crippen LogP contribution < -0.4 is 0 Å². The maximum Gasteiger partial charge on any atom is 0.357 e. The van der Waals surface area contributed by atoms with E-state index < -0.39 is 25.9 Å². The molecule has 0 unspecified atom stereocenters. The molecule has 0 aliphatic heterocycles. The highest BCUT2D eigenvalue weighted by Crippen LogP contribution is 2.36. The summed E-state index contributed by atoms with van der Waals surface area (Å²) in [6.45, 7) is 13.0. The topological polar surface area (TPSA) is 47.9 Å². The Hall–Kier alpha value is -1.60. The molecule has 0 saturated heterocycles. The average molecular weight is 372 g/mol. The number of hydrogen-bond acceptors (Lipinski definition) is 4. The second-order valence-corrected chi connectivity index (χ2v) is 12.0. The van der Waals surface area contributed by atoms with Gasteiger partial charge >= 0.3 is 5.97 Å². The molecule has 0 aliphatic rings. The third-order valence-corrected chi connectivity index (χ3v) is 8.77. The van der Waals surface area contributed by atoms with Crippen LogP contribution in [0.5, 0.6) is 0 Å². The van der Waals surface area contributed by atoms with Crippen LogP contribution in [0.1, 0.15) is 33.3 Å². The van der Waals surface area contributed by atoms with Crippen molar-refractivity contribution < 1.29 is 22.7 Å². The van der Waals surface area contributed by atoms with Gasteiger partial charge in [0.05, 0.1) is 19.8 Å². The van der Waals surface area contributed by atoms with E-state index in [0.29, 0.717) is 6.61 Å². The molecule has 140 valence electrons. The normalized spacial score (nSPS) is 13.0. The van der Waals surface area contributed by atoms with Gasteiger partial charge in [0.2, 0.25) is 0 Å². The maximum absolute atomic E-state index is 13.4. The van der Waals surface area contributed by atoms with Crippen molar-refractivity contribution in [1.82, 2.24) is 0 Å². The van der Waals surface area contributed by atoms with E-state index in [-0.39, 0.29) is 29.5 Å². The molecule has 0 amide bonds. The fourth-order valence-corrected chi connectivity index (χ4v) is 2.87. The molecule has 0 saturated carbocycles. The van der Waals surface area contributed by atoms with Gasteiger partial charge in [0, 0.05) is 11.6 Å². The Balaban J connectivity index is 2.94. The number of ether oxygens (including phenoxy) is 1. The minimum atomic E-state index is -1.92. The summed E-state index contributed by atoms with van der Waals surface area (Å²) in [6, 6.07) is 2.87. The molecule has 0 heterocycles. The quantitative estimate of drug-likeness (QED) is 0.310. The van der Waals surface area contributed by atoms with Crippen LogP contribution in [-0.4, -0.2) is 39.8 Å². The molecule has 4 nitrogen and oxygen atoms in total. The predicted octanol–water partition coefficient (Wildman–Crippen LogP) is 4.34. The number of carbonyl (C=O) groups excluding carboxylic acids is 1. The van der Waals surface area contributed by atoms with Gasteiger partial charge < -0.3 is 9.16 Å². The van der Waals surface area contributed by atoms with Crippen molar-refractivity contribution in [2.45, 2.75) is 45.8 Å². The van der Waals surface area contributed by atoms with E-state index in [4.69, 9.17) is 9.16 Å². The molecule has 0 atom stereocenters. The Kier molecular flexibility index (Phi) is 7.43. The minimum Gasteiger partial charge on any atom is -0.461 e. The first-order chi connectivity index (χ1) is 11.5. The second kappa shape index (κ2) is 8.67. The summed E-state index contributed by atoms with van der Waals surface area (Å²) >= 11 is 0. The summed E-state index contributed by atoms with van der Waals surface area (Å²) in [5.74, 6) is -2.26. The lowest BCUT2D eigenvalue weighted by molar-refractivity contribution is -0.134. The van der Waals surface area contributed by atoms with E-state index in [9.17, 15) is 13.6 Å². The smallest absolute Gasteiger partial charge is 0.357 e. The Bertz CT molecular complexity index is 619. The Morgan fingerprint density at radius 3 is 2.20 bits per heavy atom. The SMILES string of the molecule is CCOC(=O)/C(=N\CCO[Si](C)(C)C(C)(C)C)c1cc(F)cc(F)c1. The third kappa shape index (κ3) is 6.32. The van der Waals surface area contributed by atoms with Crippen molar-refractivity contribution in [2.24, 2.45) is 4.99 Å². The van der Waals surface area contributed by atoms with Gasteiger partial charge in [0.1, 0.15) is 11.6 Å². The molecular weight excluding hydrogens is 344 g/mol. The Morgan fingerprint density at radius 2 is 1.72 bits per heavy atom. The molecule has 7 heteroatoms. The second-order valence-electron chi connectivity index (χ2n) is 7.22. The van der Waals surface area contributed by atoms with Gasteiger partial charge in [-0.25, -0.2) is 13.6 Å². The van der Waals surface area contributed by atoms with Crippen molar-refractivity contribution >= 4 is 20.0 Å². The van der Waals surface area contributed by atoms with Crippen LogP contribution in [0, 0.1) is 11.6 Å². The molecule has 0 aliphatic carbocycles. The van der Waals surface area contributed by atoms with Crippen LogP contribution in [0.25, 0.3) is 0 Å². The number of rotatable bonds is 7. The highest BCUT2D eigenvalue weighted by Gasteiger charge is 2.36. The summed E-state index contributed by atoms with van der Waals surface area (Å²) in [5, 5.41) is 0.0619. The van der Waals surface area contributed by atoms with Gasteiger partial charge in [0.15, 0.2) is 14.0 Å². The number of benzene rings is 1. The van der Waals surface area contributed by atoms with E-state index in [1.54, 1.807) is 6.92 Å². The van der Waals surface area contributed by atoms with Crippen molar-refractivity contribution in [3.8, 4) is 0 Å². The van der Waals surface area contributed by atoms with Gasteiger partial charge in [-0.15, -0.1) is 0 Å². The van der Waals surface area contributed by atoms with Crippen molar-refractivity contribution in [2.75, 3.05) is 19.8 Å². The van der Waals surface area contributed by atoms with Crippen LogP contribution in [0.2, 0.25) is 18.1 Å². The lowest BCUT2D eigenvalue weighted by Crippen LogP contribution is -2.41. The number of hydrogen-bond donors (Lipinski definition) is 0. The fraction of sp³-hybridized carbons (Fsp3) is 0.556. The van der Waals surface area contributed by atoms with Gasteiger partial charge in [0.25, 0.3) is 0 Å². The average Bonchev–Trinajstić information content (AvgIpc) is 2.44. The molecular formula is C18H27F2NO3Si. The fourth-order valence-electron chi connectivity index (χ4n) is 1.84. The number of halogens is 2. The molecule has 1 rings (SSSR count). The van der Waals surface area contributed by atoms with Crippen LogP contribution in [0.4, 0.5) is 8.78 Å². The molecule has 1 aromatic rings. The molecule has 0 radical (unpaired) electrons. The van der Waals surface area contributed by atoms with Crippen LogP contribution in [0.15, 0.2) is 23.2 Å². The lowest BCUT2D eigenvalue weighted by Gasteiger charge is -2.35. The van der Waals surface area contributed by atoms with Crippen molar-refractivity contribution in [3.63, 3.8) is 0 Å². The summed E-state index contributed by atoms with van der Waals surface area (Å²) in [4.78, 5) is 16.3. The van der Waals surface area contributed by atoms with E-state index in [0.717, 1.165) is 18.2 Å². The zero-order valence-electron chi connectivity index (χ0n) is 15.8. The minimum absolute atomic E-state index is 0.0586. The molecule has 1 aromatic carbocycles. The van der Waals surface area contributed by atoms with Gasteiger partial charge in [-0.05, 0) is 37.2 Å². The number of nitrogens with zero attached hydrogens (tertiary/aromatic N) is 1. The highest BCUT2D eigenvalue weighted by molar-refractivity contribution is 6.74. The van der Waals surface area contributed by atoms with Crippen molar-refractivity contribution in [1.29, 1.82) is 0 Å². The Morgan fingerprint density at radius 1 is 1.16 bits per heavy atom. The van der Waals surface area contributed by atoms with E-state index >= 15 is 0 Å². The summed E-state index contributed by atoms with van der Waals surface area (Å²) in [7, 11) is -1.92. The van der Waals surface area contributed by atoms with Crippen LogP contribution >= 0.6 is 0 Å². The highest BCUT2D eigenvalue weighted by atomic mass is 28.4. The summed E-state index contributed by atoms with van der Waals surface area (Å²) in [5.41, 5.74) is -0.0395. The first kappa shape index (κ1) is 21.4. The van der Waals surface area contributed by atoms with E-state index in [1.807, 2.05) is 0 Å². The molecule has 25 heavy (non-hydrogen) atoms. The molecule has 0 bridgehead atoms. The van der Waals surface area contributed by atoms with E-state index in [2.05, 4.69) is 38.9 Å². The number of carbonyl (C=O) groups is 1. The Labute approximate surface area is 149 Å². The summed E-state index contributed by atoms with van der Waals surface area (Å²) in [6.07, 6.45) is 0. The molecule has 0 fully saturated rings. The standard InChI is InChI=1S/C18H27F2NO3Si/c1-7-23-17(22)16(13-10-14(19)12-15(20)11-13)21-8-9-24-25(5,6)18(2,3)4/h10-12H,7-9H2,1-6H3/b21-16-. The monoisotopic (exact) mass is 371 g/mol. The van der Waals surface area contributed by atoms with Gasteiger partial charge in [-0.2, -0.15) is 0 Å². The molecule has 0 spiro atoms. The first-order valence-corrected chi connectivity index (χ1v) is 11.2. The summed E-state index contributed by atoms with van der Waals surface area (Å²) < 4.78 is 37.8. The molecule has 0 N–H and O–H groups in total. The van der Waals surface area contributed by atoms with Gasteiger partial charge in [-0.1, -0.05) is 20.8 Å². The van der Waals surface area contributed by atoms with Crippen LogP contribution in [-0.2, 0) is 14.0 Å². The largest absolute Gasteiger partial charge is 0.461 e. The predicted molar refractivity (Wildman–Crippen MR) is 97.5 cm³/mol. The number of esters is 1.